The number of carbonyl (C=O) groups is 1. The fourth-order valence-electron chi connectivity index (χ4n) is 3.24. The topological polar surface area (TPSA) is 75.9 Å². The Balaban J connectivity index is 1.29. The van der Waals surface area contributed by atoms with E-state index >= 15 is 0 Å². The molecule has 7 nitrogen and oxygen atoms in total. The number of aryl methyl sites for hydroxylation is 1. The maximum atomic E-state index is 12.2. The van der Waals surface area contributed by atoms with E-state index in [0.717, 1.165) is 43.1 Å². The van der Waals surface area contributed by atoms with E-state index in [0.29, 0.717) is 18.1 Å². The van der Waals surface area contributed by atoms with E-state index in [-0.39, 0.29) is 5.91 Å². The van der Waals surface area contributed by atoms with Crippen molar-refractivity contribution in [1.29, 1.82) is 0 Å². The van der Waals surface area contributed by atoms with Gasteiger partial charge in [-0.25, -0.2) is 14.6 Å². The molecule has 3 aromatic rings. The van der Waals surface area contributed by atoms with Gasteiger partial charge in [0, 0.05) is 31.0 Å². The van der Waals surface area contributed by atoms with Crippen LogP contribution in [0.5, 0.6) is 0 Å². The fraction of sp³-hybridized carbons (Fsp3) is 0.333. The highest BCUT2D eigenvalue weighted by atomic mass is 32.2. The standard InChI is InChI=1S/C21H24N6OS/c28-20(8-4-7-17-5-2-1-3-6-17)25-18-13-24-27(16-18)21-22-14-19(15-23-21)26-9-11-29-12-10-26/h1-3,5-6,13-16H,4,7-12H2,(H,25,28). The van der Waals surface area contributed by atoms with Crippen molar-refractivity contribution in [2.45, 2.75) is 19.3 Å². The van der Waals surface area contributed by atoms with Crippen LogP contribution in [0.2, 0.25) is 0 Å². The summed E-state index contributed by atoms with van der Waals surface area (Å²) in [5.74, 6) is 2.74. The van der Waals surface area contributed by atoms with Crippen molar-refractivity contribution in [2.75, 3.05) is 34.8 Å². The van der Waals surface area contributed by atoms with Crippen LogP contribution in [-0.4, -0.2) is 50.3 Å². The van der Waals surface area contributed by atoms with E-state index in [4.69, 9.17) is 0 Å². The molecule has 0 saturated carbocycles. The maximum Gasteiger partial charge on any atom is 0.250 e. The number of carbonyl (C=O) groups excluding carboxylic acids is 1. The summed E-state index contributed by atoms with van der Waals surface area (Å²) in [5, 5.41) is 7.16. The van der Waals surface area contributed by atoms with Crippen LogP contribution in [0.4, 0.5) is 11.4 Å². The molecular weight excluding hydrogens is 384 g/mol. The van der Waals surface area contributed by atoms with Gasteiger partial charge in [-0.05, 0) is 18.4 Å². The Morgan fingerprint density at radius 1 is 1.07 bits per heavy atom. The van der Waals surface area contributed by atoms with Gasteiger partial charge in [0.25, 0.3) is 5.95 Å². The molecule has 1 aliphatic rings. The third kappa shape index (κ3) is 5.35. The number of benzene rings is 1. The number of amides is 1. The van der Waals surface area contributed by atoms with Crippen molar-refractivity contribution in [3.8, 4) is 5.95 Å². The van der Waals surface area contributed by atoms with E-state index in [1.54, 1.807) is 17.1 Å². The summed E-state index contributed by atoms with van der Waals surface area (Å²) in [6.45, 7) is 2.05. The van der Waals surface area contributed by atoms with Gasteiger partial charge in [-0.1, -0.05) is 30.3 Å². The number of nitrogens with zero attached hydrogens (tertiary/aromatic N) is 5. The van der Waals surface area contributed by atoms with Gasteiger partial charge >= 0.3 is 0 Å². The number of rotatable bonds is 7. The summed E-state index contributed by atoms with van der Waals surface area (Å²) in [4.78, 5) is 23.3. The molecular formula is C21H24N6OS. The highest BCUT2D eigenvalue weighted by Crippen LogP contribution is 2.18. The Morgan fingerprint density at radius 3 is 2.59 bits per heavy atom. The first kappa shape index (κ1) is 19.4. The highest BCUT2D eigenvalue weighted by Gasteiger charge is 2.13. The number of aromatic nitrogens is 4. The van der Waals surface area contributed by atoms with Crippen LogP contribution in [0.1, 0.15) is 18.4 Å². The van der Waals surface area contributed by atoms with Gasteiger partial charge < -0.3 is 10.2 Å². The number of anilines is 2. The average molecular weight is 409 g/mol. The van der Waals surface area contributed by atoms with E-state index < -0.39 is 0 Å². The molecule has 8 heteroatoms. The number of hydrogen-bond acceptors (Lipinski definition) is 6. The molecule has 29 heavy (non-hydrogen) atoms. The molecule has 1 fully saturated rings. The van der Waals surface area contributed by atoms with Crippen molar-refractivity contribution in [3.05, 3.63) is 60.7 Å². The lowest BCUT2D eigenvalue weighted by molar-refractivity contribution is -0.116. The Kier molecular flexibility index (Phi) is 6.41. The quantitative estimate of drug-likeness (QED) is 0.647. The summed E-state index contributed by atoms with van der Waals surface area (Å²) < 4.78 is 1.58. The predicted molar refractivity (Wildman–Crippen MR) is 117 cm³/mol. The second-order valence-electron chi connectivity index (χ2n) is 6.90. The molecule has 0 bridgehead atoms. The largest absolute Gasteiger partial charge is 0.367 e. The molecule has 2 aromatic heterocycles. The molecule has 1 saturated heterocycles. The predicted octanol–water partition coefficient (Wildman–Crippen LogP) is 3.18. The SMILES string of the molecule is O=C(CCCc1ccccc1)Nc1cnn(-c2ncc(N3CCSCC3)cn2)c1. The fourth-order valence-corrected chi connectivity index (χ4v) is 4.14. The summed E-state index contributed by atoms with van der Waals surface area (Å²) in [6, 6.07) is 10.2. The lowest BCUT2D eigenvalue weighted by atomic mass is 10.1. The molecule has 0 aliphatic carbocycles. The van der Waals surface area contributed by atoms with Crippen LogP contribution >= 0.6 is 11.8 Å². The van der Waals surface area contributed by atoms with Crippen molar-refractivity contribution in [2.24, 2.45) is 0 Å². The summed E-state index contributed by atoms with van der Waals surface area (Å²) in [5.41, 5.74) is 2.93. The normalized spacial score (nSPS) is 14.0. The Bertz CT molecular complexity index is 922. The van der Waals surface area contributed by atoms with Gasteiger partial charge in [0.15, 0.2) is 0 Å². The second kappa shape index (κ2) is 9.56. The lowest BCUT2D eigenvalue weighted by Crippen LogP contribution is -2.32. The number of hydrogen-bond donors (Lipinski definition) is 1. The monoisotopic (exact) mass is 408 g/mol. The molecule has 4 rings (SSSR count). The minimum Gasteiger partial charge on any atom is -0.367 e. The smallest absolute Gasteiger partial charge is 0.250 e. The minimum atomic E-state index is -0.0142. The van der Waals surface area contributed by atoms with Crippen LogP contribution in [0.15, 0.2) is 55.1 Å². The number of nitrogens with one attached hydrogen (secondary N) is 1. The van der Waals surface area contributed by atoms with Crippen molar-refractivity contribution >= 4 is 29.0 Å². The van der Waals surface area contributed by atoms with Crippen molar-refractivity contribution in [1.82, 2.24) is 19.7 Å². The van der Waals surface area contributed by atoms with Gasteiger partial charge in [0.05, 0.1) is 36.2 Å². The minimum absolute atomic E-state index is 0.0142. The molecule has 0 radical (unpaired) electrons. The van der Waals surface area contributed by atoms with Crippen LogP contribution in [0, 0.1) is 0 Å². The molecule has 0 spiro atoms. The van der Waals surface area contributed by atoms with Crippen LogP contribution < -0.4 is 10.2 Å². The van der Waals surface area contributed by atoms with E-state index in [1.807, 2.05) is 42.4 Å². The van der Waals surface area contributed by atoms with Crippen LogP contribution in [-0.2, 0) is 11.2 Å². The molecule has 3 heterocycles. The molecule has 0 atom stereocenters. The van der Waals surface area contributed by atoms with E-state index in [2.05, 4.69) is 37.4 Å². The molecule has 1 aliphatic heterocycles. The summed E-state index contributed by atoms with van der Waals surface area (Å²) >= 11 is 1.97. The molecule has 1 aromatic carbocycles. The molecule has 1 amide bonds. The first-order chi connectivity index (χ1) is 14.3. The van der Waals surface area contributed by atoms with E-state index in [9.17, 15) is 4.79 Å². The first-order valence-corrected chi connectivity index (χ1v) is 11.0. The summed E-state index contributed by atoms with van der Waals surface area (Å²) in [7, 11) is 0. The molecule has 0 unspecified atom stereocenters. The van der Waals surface area contributed by atoms with E-state index in [1.165, 1.54) is 5.56 Å². The van der Waals surface area contributed by atoms with Gasteiger partial charge in [-0.2, -0.15) is 16.9 Å². The maximum absolute atomic E-state index is 12.2. The van der Waals surface area contributed by atoms with Crippen LogP contribution in [0.3, 0.4) is 0 Å². The Hall–Kier alpha value is -2.87. The Morgan fingerprint density at radius 2 is 1.83 bits per heavy atom. The van der Waals surface area contributed by atoms with Gasteiger partial charge in [0.1, 0.15) is 0 Å². The molecule has 1 N–H and O–H groups in total. The molecule has 150 valence electrons. The average Bonchev–Trinajstić information content (AvgIpc) is 3.23. The van der Waals surface area contributed by atoms with Crippen molar-refractivity contribution < 1.29 is 4.79 Å². The third-order valence-corrected chi connectivity index (χ3v) is 5.73. The van der Waals surface area contributed by atoms with Gasteiger partial charge in [-0.3, -0.25) is 4.79 Å². The number of thioether (sulfide) groups is 1. The highest BCUT2D eigenvalue weighted by molar-refractivity contribution is 7.99. The zero-order chi connectivity index (χ0) is 19.9. The van der Waals surface area contributed by atoms with Crippen molar-refractivity contribution in [3.63, 3.8) is 0 Å². The third-order valence-electron chi connectivity index (χ3n) is 4.78. The van der Waals surface area contributed by atoms with Gasteiger partial charge in [0.2, 0.25) is 5.91 Å². The zero-order valence-corrected chi connectivity index (χ0v) is 17.0. The lowest BCUT2D eigenvalue weighted by Gasteiger charge is -2.27. The van der Waals surface area contributed by atoms with Gasteiger partial charge in [-0.15, -0.1) is 0 Å². The zero-order valence-electron chi connectivity index (χ0n) is 16.2. The first-order valence-electron chi connectivity index (χ1n) is 9.81. The second-order valence-corrected chi connectivity index (χ2v) is 8.13. The summed E-state index contributed by atoms with van der Waals surface area (Å²) in [6.07, 6.45) is 9.20. The van der Waals surface area contributed by atoms with Crippen LogP contribution in [0.25, 0.3) is 5.95 Å². The Labute approximate surface area is 174 Å².